The molecule has 0 aliphatic heterocycles. The van der Waals surface area contributed by atoms with Gasteiger partial charge in [-0.1, -0.05) is 24.3 Å². The number of carbonyl (C=O) groups is 2. The predicted molar refractivity (Wildman–Crippen MR) is 83.5 cm³/mol. The second-order valence-corrected chi connectivity index (χ2v) is 4.80. The number of carbonyl (C=O) groups excluding carboxylic acids is 2. The molecule has 0 spiro atoms. The zero-order valence-corrected chi connectivity index (χ0v) is 12.5. The molecule has 116 valence electrons. The van der Waals surface area contributed by atoms with Crippen molar-refractivity contribution in [1.29, 1.82) is 0 Å². The van der Waals surface area contributed by atoms with Crippen LogP contribution in [0.3, 0.4) is 0 Å². The van der Waals surface area contributed by atoms with E-state index in [1.165, 1.54) is 12.4 Å². The number of pyridine rings is 1. The molecule has 0 aliphatic rings. The molecule has 2 amide bonds. The van der Waals surface area contributed by atoms with Crippen LogP contribution in [0.15, 0.2) is 36.7 Å². The third kappa shape index (κ3) is 4.44. The van der Waals surface area contributed by atoms with Crippen LogP contribution in [0.5, 0.6) is 0 Å². The Bertz CT molecular complexity index is 653. The lowest BCUT2D eigenvalue weighted by Crippen LogP contribution is -2.31. The van der Waals surface area contributed by atoms with Crippen molar-refractivity contribution in [2.45, 2.75) is 12.8 Å². The fourth-order valence-corrected chi connectivity index (χ4v) is 2.10. The third-order valence-corrected chi connectivity index (χ3v) is 3.26. The second-order valence-electron chi connectivity index (χ2n) is 4.80. The Morgan fingerprint density at radius 2 is 2.05 bits per heavy atom. The SMILES string of the molecule is CNC(=O)COC(=O)NCCCc1cncc2ccccc12. The molecule has 6 heteroatoms. The van der Waals surface area contributed by atoms with E-state index in [0.29, 0.717) is 6.54 Å². The van der Waals surface area contributed by atoms with E-state index in [0.717, 1.165) is 23.8 Å². The Kier molecular flexibility index (Phi) is 5.71. The van der Waals surface area contributed by atoms with Gasteiger partial charge in [0.15, 0.2) is 6.61 Å². The second kappa shape index (κ2) is 7.97. The maximum absolute atomic E-state index is 11.4. The molecule has 0 saturated carbocycles. The van der Waals surface area contributed by atoms with Gasteiger partial charge >= 0.3 is 6.09 Å². The van der Waals surface area contributed by atoms with E-state index in [2.05, 4.69) is 21.7 Å². The Hall–Kier alpha value is -2.63. The summed E-state index contributed by atoms with van der Waals surface area (Å²) in [7, 11) is 1.49. The van der Waals surface area contributed by atoms with Gasteiger partial charge in [0.25, 0.3) is 5.91 Å². The van der Waals surface area contributed by atoms with Crippen molar-refractivity contribution < 1.29 is 14.3 Å². The van der Waals surface area contributed by atoms with Gasteiger partial charge in [-0.3, -0.25) is 9.78 Å². The van der Waals surface area contributed by atoms with E-state index in [1.54, 1.807) is 0 Å². The summed E-state index contributed by atoms with van der Waals surface area (Å²) in [5.41, 5.74) is 1.15. The summed E-state index contributed by atoms with van der Waals surface area (Å²) < 4.78 is 4.74. The molecule has 22 heavy (non-hydrogen) atoms. The lowest BCUT2D eigenvalue weighted by molar-refractivity contribution is -0.123. The van der Waals surface area contributed by atoms with E-state index >= 15 is 0 Å². The number of aromatic nitrogens is 1. The van der Waals surface area contributed by atoms with Gasteiger partial charge in [0.1, 0.15) is 0 Å². The van der Waals surface area contributed by atoms with E-state index in [4.69, 9.17) is 4.74 Å². The van der Waals surface area contributed by atoms with Crippen LogP contribution in [0.1, 0.15) is 12.0 Å². The summed E-state index contributed by atoms with van der Waals surface area (Å²) in [4.78, 5) is 26.5. The van der Waals surface area contributed by atoms with Crippen LogP contribution >= 0.6 is 0 Å². The number of hydrogen-bond donors (Lipinski definition) is 2. The van der Waals surface area contributed by atoms with Gasteiger partial charge in [0, 0.05) is 31.4 Å². The quantitative estimate of drug-likeness (QED) is 0.795. The van der Waals surface area contributed by atoms with Crippen molar-refractivity contribution in [3.8, 4) is 0 Å². The lowest BCUT2D eigenvalue weighted by atomic mass is 10.0. The van der Waals surface area contributed by atoms with Crippen LogP contribution in [-0.4, -0.2) is 37.2 Å². The van der Waals surface area contributed by atoms with Crippen LogP contribution in [0.4, 0.5) is 4.79 Å². The molecule has 0 saturated heterocycles. The summed E-state index contributed by atoms with van der Waals surface area (Å²) in [6.45, 7) is 0.214. The zero-order valence-electron chi connectivity index (χ0n) is 12.5. The highest BCUT2D eigenvalue weighted by atomic mass is 16.6. The molecule has 0 atom stereocenters. The highest BCUT2D eigenvalue weighted by Gasteiger charge is 2.05. The van der Waals surface area contributed by atoms with Crippen molar-refractivity contribution in [3.05, 3.63) is 42.2 Å². The predicted octanol–water partition coefficient (Wildman–Crippen LogP) is 1.64. The van der Waals surface area contributed by atoms with Gasteiger partial charge in [-0.2, -0.15) is 0 Å². The van der Waals surface area contributed by atoms with Crippen molar-refractivity contribution in [2.24, 2.45) is 0 Å². The van der Waals surface area contributed by atoms with Crippen LogP contribution in [0.25, 0.3) is 10.8 Å². The van der Waals surface area contributed by atoms with Crippen molar-refractivity contribution in [2.75, 3.05) is 20.2 Å². The normalized spacial score (nSPS) is 10.2. The molecule has 1 heterocycles. The Labute approximate surface area is 128 Å². The number of benzene rings is 1. The van der Waals surface area contributed by atoms with E-state index < -0.39 is 6.09 Å². The molecule has 0 unspecified atom stereocenters. The van der Waals surface area contributed by atoms with Gasteiger partial charge in [0.2, 0.25) is 0 Å². The monoisotopic (exact) mass is 301 g/mol. The Morgan fingerprint density at radius 1 is 1.23 bits per heavy atom. The average molecular weight is 301 g/mol. The molecule has 1 aromatic carbocycles. The molecule has 2 N–H and O–H groups in total. The minimum absolute atomic E-state index is 0.268. The molecule has 0 aliphatic carbocycles. The maximum atomic E-state index is 11.4. The standard InChI is InChI=1S/C16H19N3O3/c1-17-15(20)11-22-16(21)19-8-4-6-13-10-18-9-12-5-2-3-7-14(12)13/h2-3,5,7,9-10H,4,6,8,11H2,1H3,(H,17,20)(H,19,21). The van der Waals surface area contributed by atoms with Gasteiger partial charge in [-0.25, -0.2) is 4.79 Å². The molecule has 2 aromatic rings. The number of aryl methyl sites for hydroxylation is 1. The highest BCUT2D eigenvalue weighted by molar-refractivity contribution is 5.84. The topological polar surface area (TPSA) is 80.3 Å². The molecule has 1 aromatic heterocycles. The van der Waals surface area contributed by atoms with Gasteiger partial charge in [0.05, 0.1) is 0 Å². The smallest absolute Gasteiger partial charge is 0.407 e. The first-order valence-corrected chi connectivity index (χ1v) is 7.13. The van der Waals surface area contributed by atoms with Crippen LogP contribution in [-0.2, 0) is 16.0 Å². The number of nitrogens with one attached hydrogen (secondary N) is 2. The molecule has 2 rings (SSSR count). The maximum Gasteiger partial charge on any atom is 0.407 e. The number of hydrogen-bond acceptors (Lipinski definition) is 4. The molecule has 6 nitrogen and oxygen atoms in total. The molecular formula is C16H19N3O3. The zero-order chi connectivity index (χ0) is 15.8. The van der Waals surface area contributed by atoms with Crippen LogP contribution in [0, 0.1) is 0 Å². The van der Waals surface area contributed by atoms with Crippen LogP contribution in [0.2, 0.25) is 0 Å². The van der Waals surface area contributed by atoms with Crippen molar-refractivity contribution in [3.63, 3.8) is 0 Å². The summed E-state index contributed by atoms with van der Waals surface area (Å²) in [6.07, 6.45) is 4.69. The van der Waals surface area contributed by atoms with E-state index in [-0.39, 0.29) is 12.5 Å². The number of likely N-dealkylation sites (N-methyl/N-ethyl adjacent to an activating group) is 1. The summed E-state index contributed by atoms with van der Waals surface area (Å²) in [5.74, 6) is -0.336. The van der Waals surface area contributed by atoms with E-state index in [9.17, 15) is 9.59 Å². The fourth-order valence-electron chi connectivity index (χ4n) is 2.10. The number of fused-ring (bicyclic) bond motifs is 1. The number of amides is 2. The number of alkyl carbamates (subject to hydrolysis) is 1. The van der Waals surface area contributed by atoms with Gasteiger partial charge in [-0.05, 0) is 23.8 Å². The molecule has 0 bridgehead atoms. The first-order valence-electron chi connectivity index (χ1n) is 7.13. The summed E-state index contributed by atoms with van der Waals surface area (Å²) in [6, 6.07) is 8.08. The number of rotatable bonds is 6. The van der Waals surface area contributed by atoms with Crippen molar-refractivity contribution >= 4 is 22.8 Å². The highest BCUT2D eigenvalue weighted by Crippen LogP contribution is 2.17. The van der Waals surface area contributed by atoms with Crippen molar-refractivity contribution in [1.82, 2.24) is 15.6 Å². The lowest BCUT2D eigenvalue weighted by Gasteiger charge is -2.08. The van der Waals surface area contributed by atoms with Gasteiger partial charge in [-0.15, -0.1) is 0 Å². The minimum Gasteiger partial charge on any atom is -0.439 e. The summed E-state index contributed by atoms with van der Waals surface area (Å²) >= 11 is 0. The Balaban J connectivity index is 1.76. The largest absolute Gasteiger partial charge is 0.439 e. The average Bonchev–Trinajstić information content (AvgIpc) is 2.56. The van der Waals surface area contributed by atoms with Gasteiger partial charge < -0.3 is 15.4 Å². The first-order chi connectivity index (χ1) is 10.7. The number of ether oxygens (including phenoxy) is 1. The van der Waals surface area contributed by atoms with Crippen LogP contribution < -0.4 is 10.6 Å². The molecule has 0 radical (unpaired) electrons. The Morgan fingerprint density at radius 3 is 2.86 bits per heavy atom. The minimum atomic E-state index is -0.584. The number of nitrogens with zero attached hydrogens (tertiary/aromatic N) is 1. The molecular weight excluding hydrogens is 282 g/mol. The molecule has 0 fully saturated rings. The summed E-state index contributed by atoms with van der Waals surface area (Å²) in [5, 5.41) is 7.28. The third-order valence-electron chi connectivity index (χ3n) is 3.26. The fraction of sp³-hybridized carbons (Fsp3) is 0.312. The first kappa shape index (κ1) is 15.8. The van der Waals surface area contributed by atoms with E-state index in [1.807, 2.05) is 30.6 Å².